The summed E-state index contributed by atoms with van der Waals surface area (Å²) in [4.78, 5) is 47.7. The largest absolute Gasteiger partial charge is 0.394 e. The van der Waals surface area contributed by atoms with Gasteiger partial charge in [0.15, 0.2) is 0 Å². The molecule has 1 aromatic rings. The summed E-state index contributed by atoms with van der Waals surface area (Å²) in [5.74, 6) is -1.66. The van der Waals surface area contributed by atoms with Crippen LogP contribution in [0, 0.1) is 11.8 Å². The number of aliphatic hydroxyl groups is 1. The number of likely N-dealkylation sites (tertiary alicyclic amines) is 1. The van der Waals surface area contributed by atoms with Gasteiger partial charge in [-0.05, 0) is 32.8 Å². The lowest BCUT2D eigenvalue weighted by Gasteiger charge is -2.40. The maximum Gasteiger partial charge on any atom is 0.247 e. The lowest BCUT2D eigenvalue weighted by molar-refractivity contribution is -0.147. The van der Waals surface area contributed by atoms with Gasteiger partial charge in [0.25, 0.3) is 0 Å². The maximum atomic E-state index is 14.2. The predicted molar refractivity (Wildman–Crippen MR) is 155 cm³/mol. The molecule has 206 valence electrons. The molecule has 0 saturated carbocycles. The number of carbonyl (C=O) groups is 3. The van der Waals surface area contributed by atoms with Crippen LogP contribution in [0.3, 0.4) is 0 Å². The number of aliphatic hydroxyl groups excluding tert-OH is 1. The Bertz CT molecular complexity index is 1080. The lowest BCUT2D eigenvalue weighted by atomic mass is 9.70. The van der Waals surface area contributed by atoms with Crippen molar-refractivity contribution in [3.05, 3.63) is 61.2 Å². The second-order valence-corrected chi connectivity index (χ2v) is 13.5. The van der Waals surface area contributed by atoms with E-state index in [-0.39, 0.29) is 40.4 Å². The molecule has 0 aliphatic carbocycles. The van der Waals surface area contributed by atoms with Gasteiger partial charge in [-0.15, -0.1) is 24.9 Å². The molecule has 7 atom stereocenters. The van der Waals surface area contributed by atoms with Crippen LogP contribution in [0.4, 0.5) is 0 Å². The fraction of sp³-hybridized carbons (Fsp3) is 0.552. The molecule has 3 amide bonds. The summed E-state index contributed by atoms with van der Waals surface area (Å²) in [6, 6.07) is 8.38. The van der Waals surface area contributed by atoms with E-state index in [1.807, 2.05) is 44.2 Å². The van der Waals surface area contributed by atoms with Crippen LogP contribution in [0.25, 0.3) is 0 Å². The third kappa shape index (κ3) is 4.75. The second-order valence-electron chi connectivity index (χ2n) is 10.8. The third-order valence-electron chi connectivity index (χ3n) is 8.09. The van der Waals surface area contributed by atoms with Crippen molar-refractivity contribution in [2.75, 3.05) is 19.7 Å². The molecule has 0 radical (unpaired) electrons. The monoisotopic (exact) mass is 603 g/mol. The number of rotatable bonds is 11. The molecule has 7 nitrogen and oxygen atoms in total. The highest BCUT2D eigenvalue weighted by atomic mass is 79.9. The van der Waals surface area contributed by atoms with E-state index in [1.165, 1.54) is 0 Å². The minimum absolute atomic E-state index is 0.0145. The van der Waals surface area contributed by atoms with Gasteiger partial charge in [0.05, 0.1) is 29.2 Å². The summed E-state index contributed by atoms with van der Waals surface area (Å²) in [6.07, 6.45) is 4.01. The van der Waals surface area contributed by atoms with E-state index in [0.29, 0.717) is 26.1 Å². The highest BCUT2D eigenvalue weighted by molar-refractivity contribution is 9.09. The molecule has 3 aliphatic heterocycles. The zero-order valence-electron chi connectivity index (χ0n) is 22.3. The van der Waals surface area contributed by atoms with E-state index in [9.17, 15) is 19.5 Å². The smallest absolute Gasteiger partial charge is 0.247 e. The Balaban J connectivity index is 1.76. The third-order valence-corrected chi connectivity index (χ3v) is 11.3. The van der Waals surface area contributed by atoms with Crippen LogP contribution in [0.2, 0.25) is 0 Å². The number of halogens is 1. The van der Waals surface area contributed by atoms with Crippen LogP contribution in [0.15, 0.2) is 55.6 Å². The Morgan fingerprint density at radius 2 is 1.84 bits per heavy atom. The number of nitrogens with zero attached hydrogens (tertiary/aromatic N) is 3. The second kappa shape index (κ2) is 11.6. The highest BCUT2D eigenvalue weighted by Crippen LogP contribution is 2.68. The van der Waals surface area contributed by atoms with E-state index in [1.54, 1.807) is 45.5 Å². The van der Waals surface area contributed by atoms with Gasteiger partial charge in [-0.2, -0.15) is 0 Å². The Kier molecular flexibility index (Phi) is 8.79. The first-order valence-corrected chi connectivity index (χ1v) is 15.0. The van der Waals surface area contributed by atoms with Gasteiger partial charge >= 0.3 is 0 Å². The summed E-state index contributed by atoms with van der Waals surface area (Å²) in [5.41, 5.74) is 1.00. The van der Waals surface area contributed by atoms with E-state index < -0.39 is 28.7 Å². The van der Waals surface area contributed by atoms with E-state index in [2.05, 4.69) is 29.1 Å². The van der Waals surface area contributed by atoms with Gasteiger partial charge in [0, 0.05) is 35.8 Å². The maximum absolute atomic E-state index is 14.2. The van der Waals surface area contributed by atoms with Crippen LogP contribution in [0.1, 0.15) is 32.8 Å². The average molecular weight is 605 g/mol. The van der Waals surface area contributed by atoms with Crippen LogP contribution in [-0.2, 0) is 20.9 Å². The average Bonchev–Trinajstić information content (AvgIpc) is 3.49. The molecule has 4 rings (SSSR count). The molecule has 3 heterocycles. The number of carbonyl (C=O) groups excluding carboxylic acids is 3. The quantitative estimate of drug-likeness (QED) is 0.309. The number of fused-ring (bicyclic) bond motifs is 1. The Hall–Kier alpha value is -2.10. The molecule has 1 N–H and O–H groups in total. The van der Waals surface area contributed by atoms with Crippen molar-refractivity contribution in [2.24, 2.45) is 11.8 Å². The van der Waals surface area contributed by atoms with E-state index in [4.69, 9.17) is 0 Å². The SMILES string of the molecule is C=CCN(Cc1ccccc1)C(=O)[C@H]1[C@H]2C(=O)N([C@H](C)CO)C(C(=O)N(CC=C)C(C)C)C23CC(Br)[C@@H]1S3. The molecular weight excluding hydrogens is 566 g/mol. The summed E-state index contributed by atoms with van der Waals surface area (Å²) in [6.45, 7) is 14.2. The van der Waals surface area contributed by atoms with Gasteiger partial charge in [-0.25, -0.2) is 0 Å². The van der Waals surface area contributed by atoms with Crippen molar-refractivity contribution in [1.82, 2.24) is 14.7 Å². The molecule has 38 heavy (non-hydrogen) atoms. The number of thioether (sulfide) groups is 1. The van der Waals surface area contributed by atoms with Crippen molar-refractivity contribution in [3.63, 3.8) is 0 Å². The fourth-order valence-corrected chi connectivity index (χ4v) is 10.0. The molecule has 2 bridgehead atoms. The number of benzene rings is 1. The summed E-state index contributed by atoms with van der Waals surface area (Å²) >= 11 is 5.44. The van der Waals surface area contributed by atoms with Crippen LogP contribution in [-0.4, -0.2) is 90.2 Å². The van der Waals surface area contributed by atoms with Gasteiger partial charge in [0.2, 0.25) is 17.7 Å². The Morgan fingerprint density at radius 1 is 1.18 bits per heavy atom. The fourth-order valence-electron chi connectivity index (χ4n) is 6.45. The summed E-state index contributed by atoms with van der Waals surface area (Å²) in [5, 5.41) is 9.97. The standard InChI is InChI=1S/C29H38BrN3O4S/c1-6-13-31(16-20-11-9-8-10-12-20)26(35)22-23-27(36)33(19(5)17-34)25(28(37)32(14-7-2)18(3)4)29(23)15-21(30)24(22)38-29/h6-12,18-19,21-25,34H,1-2,13-17H2,3-5H3/t19-,21?,22+,23+,24+,25?,29?/m1/s1. The topological polar surface area (TPSA) is 81.2 Å². The number of hydrogen-bond acceptors (Lipinski definition) is 5. The van der Waals surface area contributed by atoms with Crippen molar-refractivity contribution in [3.8, 4) is 0 Å². The minimum Gasteiger partial charge on any atom is -0.394 e. The van der Waals surface area contributed by atoms with Crippen molar-refractivity contribution in [1.29, 1.82) is 0 Å². The van der Waals surface area contributed by atoms with Crippen molar-refractivity contribution >= 4 is 45.4 Å². The molecule has 1 spiro atoms. The highest BCUT2D eigenvalue weighted by Gasteiger charge is 2.76. The summed E-state index contributed by atoms with van der Waals surface area (Å²) < 4.78 is -0.752. The first kappa shape index (κ1) is 28.9. The predicted octanol–water partition coefficient (Wildman–Crippen LogP) is 3.47. The van der Waals surface area contributed by atoms with Gasteiger partial charge < -0.3 is 19.8 Å². The van der Waals surface area contributed by atoms with Crippen LogP contribution in [0.5, 0.6) is 0 Å². The number of alkyl halides is 1. The molecule has 9 heteroatoms. The molecule has 3 saturated heterocycles. The number of hydrogen-bond donors (Lipinski definition) is 1. The van der Waals surface area contributed by atoms with Gasteiger partial charge in [0.1, 0.15) is 6.04 Å². The minimum atomic E-state index is -0.765. The van der Waals surface area contributed by atoms with Gasteiger partial charge in [-0.1, -0.05) is 58.4 Å². The zero-order chi connectivity index (χ0) is 27.8. The Labute approximate surface area is 238 Å². The zero-order valence-corrected chi connectivity index (χ0v) is 24.7. The molecule has 3 fully saturated rings. The molecule has 1 aromatic carbocycles. The van der Waals surface area contributed by atoms with Gasteiger partial charge in [-0.3, -0.25) is 14.4 Å². The van der Waals surface area contributed by atoms with Crippen molar-refractivity contribution in [2.45, 2.75) is 66.7 Å². The summed E-state index contributed by atoms with van der Waals surface area (Å²) in [7, 11) is 0. The van der Waals surface area contributed by atoms with E-state index >= 15 is 0 Å². The lowest BCUT2D eigenvalue weighted by Crippen LogP contribution is -2.58. The van der Waals surface area contributed by atoms with Crippen LogP contribution >= 0.6 is 27.7 Å². The first-order valence-electron chi connectivity index (χ1n) is 13.2. The van der Waals surface area contributed by atoms with Crippen molar-refractivity contribution < 1.29 is 19.5 Å². The molecular formula is C29H38BrN3O4S. The molecule has 3 unspecified atom stereocenters. The molecule has 0 aromatic heterocycles. The van der Waals surface area contributed by atoms with Crippen LogP contribution < -0.4 is 0 Å². The Morgan fingerprint density at radius 3 is 2.42 bits per heavy atom. The molecule has 3 aliphatic rings. The first-order chi connectivity index (χ1) is 18.1. The number of amides is 3. The van der Waals surface area contributed by atoms with E-state index in [0.717, 1.165) is 5.56 Å². The normalized spacial score (nSPS) is 30.3.